The van der Waals surface area contributed by atoms with E-state index < -0.39 is 5.60 Å². The van der Waals surface area contributed by atoms with Crippen molar-refractivity contribution in [3.63, 3.8) is 0 Å². The van der Waals surface area contributed by atoms with Crippen LogP contribution in [-0.2, 0) is 11.3 Å². The standard InChI is InChI=1S/C18H27BrN2O3/c1-18(2,3)24-17(22)20-15-7-9-21(10-8-15)12-13-11-14(19)5-6-16(13)23-4/h5-6,11,15H,7-10,12H2,1-4H3,(H,20,22). The molecule has 0 spiro atoms. The molecule has 1 aromatic carbocycles. The van der Waals surface area contributed by atoms with Crippen LogP contribution in [0.5, 0.6) is 5.75 Å². The Balaban J connectivity index is 1.83. The summed E-state index contributed by atoms with van der Waals surface area (Å²) < 4.78 is 11.8. The molecule has 134 valence electrons. The first-order chi connectivity index (χ1) is 11.3. The Morgan fingerprint density at radius 1 is 1.33 bits per heavy atom. The molecule has 1 amide bonds. The first-order valence-electron chi connectivity index (χ1n) is 8.31. The van der Waals surface area contributed by atoms with Gasteiger partial charge in [-0.1, -0.05) is 15.9 Å². The average molecular weight is 399 g/mol. The molecule has 0 bridgehead atoms. The molecule has 1 saturated heterocycles. The summed E-state index contributed by atoms with van der Waals surface area (Å²) in [4.78, 5) is 14.2. The summed E-state index contributed by atoms with van der Waals surface area (Å²) in [5.74, 6) is 0.909. The number of carbonyl (C=O) groups is 1. The van der Waals surface area contributed by atoms with Crippen molar-refractivity contribution >= 4 is 22.0 Å². The molecule has 1 N–H and O–H groups in total. The van der Waals surface area contributed by atoms with Gasteiger partial charge in [0, 0.05) is 35.7 Å². The van der Waals surface area contributed by atoms with Crippen molar-refractivity contribution in [2.45, 2.75) is 51.8 Å². The van der Waals surface area contributed by atoms with Gasteiger partial charge in [-0.05, 0) is 51.8 Å². The molecule has 1 aliphatic rings. The zero-order valence-corrected chi connectivity index (χ0v) is 16.5. The summed E-state index contributed by atoms with van der Waals surface area (Å²) in [5, 5.41) is 2.97. The second-order valence-electron chi connectivity index (χ2n) is 7.15. The lowest BCUT2D eigenvalue weighted by Crippen LogP contribution is -2.45. The molecule has 6 heteroatoms. The lowest BCUT2D eigenvalue weighted by Gasteiger charge is -2.33. The van der Waals surface area contributed by atoms with Crippen molar-refractivity contribution in [2.24, 2.45) is 0 Å². The molecule has 0 aromatic heterocycles. The van der Waals surface area contributed by atoms with E-state index in [-0.39, 0.29) is 12.1 Å². The molecule has 0 aliphatic carbocycles. The fraction of sp³-hybridized carbons (Fsp3) is 0.611. The van der Waals surface area contributed by atoms with Crippen LogP contribution in [-0.4, -0.2) is 42.8 Å². The van der Waals surface area contributed by atoms with Gasteiger partial charge < -0.3 is 14.8 Å². The van der Waals surface area contributed by atoms with Gasteiger partial charge >= 0.3 is 6.09 Å². The highest BCUT2D eigenvalue weighted by Gasteiger charge is 2.24. The van der Waals surface area contributed by atoms with Crippen LogP contribution >= 0.6 is 15.9 Å². The van der Waals surface area contributed by atoms with Crippen LogP contribution in [0, 0.1) is 0 Å². The van der Waals surface area contributed by atoms with E-state index in [1.807, 2.05) is 32.9 Å². The van der Waals surface area contributed by atoms with E-state index in [1.165, 1.54) is 5.56 Å². The van der Waals surface area contributed by atoms with Gasteiger partial charge in [0.15, 0.2) is 0 Å². The highest BCUT2D eigenvalue weighted by molar-refractivity contribution is 9.10. The molecule has 1 aliphatic heterocycles. The molecule has 1 heterocycles. The molecular weight excluding hydrogens is 372 g/mol. The Bertz CT molecular complexity index is 564. The van der Waals surface area contributed by atoms with Crippen molar-refractivity contribution in [2.75, 3.05) is 20.2 Å². The maximum absolute atomic E-state index is 11.9. The largest absolute Gasteiger partial charge is 0.496 e. The first kappa shape index (κ1) is 19.1. The van der Waals surface area contributed by atoms with Crippen LogP contribution in [0.2, 0.25) is 0 Å². The lowest BCUT2D eigenvalue weighted by atomic mass is 10.0. The van der Waals surface area contributed by atoms with Crippen molar-refractivity contribution in [1.29, 1.82) is 0 Å². The van der Waals surface area contributed by atoms with Crippen molar-refractivity contribution in [3.05, 3.63) is 28.2 Å². The van der Waals surface area contributed by atoms with Crippen molar-refractivity contribution in [1.82, 2.24) is 10.2 Å². The number of benzene rings is 1. The Labute approximate surface area is 152 Å². The Hall–Kier alpha value is -1.27. The normalized spacial score (nSPS) is 16.7. The number of nitrogens with one attached hydrogen (secondary N) is 1. The third-order valence-electron chi connectivity index (χ3n) is 3.94. The minimum absolute atomic E-state index is 0.181. The van der Waals surface area contributed by atoms with E-state index in [4.69, 9.17) is 9.47 Å². The minimum atomic E-state index is -0.456. The Morgan fingerprint density at radius 2 is 2.00 bits per heavy atom. The number of ether oxygens (including phenoxy) is 2. The van der Waals surface area contributed by atoms with Crippen molar-refractivity contribution < 1.29 is 14.3 Å². The monoisotopic (exact) mass is 398 g/mol. The number of alkyl carbamates (subject to hydrolysis) is 1. The number of halogens is 1. The lowest BCUT2D eigenvalue weighted by molar-refractivity contribution is 0.0477. The number of hydrogen-bond acceptors (Lipinski definition) is 4. The Kier molecular flexibility index (Phi) is 6.52. The van der Waals surface area contributed by atoms with Crippen LogP contribution in [0.3, 0.4) is 0 Å². The molecule has 0 radical (unpaired) electrons. The zero-order valence-electron chi connectivity index (χ0n) is 14.9. The van der Waals surface area contributed by atoms with E-state index >= 15 is 0 Å². The molecule has 2 rings (SSSR count). The van der Waals surface area contributed by atoms with Gasteiger partial charge in [0.05, 0.1) is 7.11 Å². The van der Waals surface area contributed by atoms with Gasteiger partial charge in [0.1, 0.15) is 11.4 Å². The van der Waals surface area contributed by atoms with E-state index in [2.05, 4.69) is 32.2 Å². The summed E-state index contributed by atoms with van der Waals surface area (Å²) in [6.07, 6.45) is 1.53. The van der Waals surface area contributed by atoms with Crippen LogP contribution in [0.1, 0.15) is 39.2 Å². The molecule has 0 saturated carbocycles. The van der Waals surface area contributed by atoms with E-state index in [1.54, 1.807) is 7.11 Å². The number of nitrogens with zero attached hydrogens (tertiary/aromatic N) is 1. The summed E-state index contributed by atoms with van der Waals surface area (Å²) in [5.41, 5.74) is 0.715. The number of rotatable bonds is 4. The van der Waals surface area contributed by atoms with Crippen molar-refractivity contribution in [3.8, 4) is 5.75 Å². The van der Waals surface area contributed by atoms with Gasteiger partial charge in [0.25, 0.3) is 0 Å². The smallest absolute Gasteiger partial charge is 0.407 e. The van der Waals surface area contributed by atoms with Gasteiger partial charge in [-0.25, -0.2) is 4.79 Å². The maximum Gasteiger partial charge on any atom is 0.407 e. The predicted octanol–water partition coefficient (Wildman–Crippen LogP) is 3.95. The third kappa shape index (κ3) is 5.98. The molecular formula is C18H27BrN2O3. The molecule has 0 atom stereocenters. The van der Waals surface area contributed by atoms with E-state index in [0.717, 1.165) is 42.7 Å². The number of hydrogen-bond donors (Lipinski definition) is 1. The summed E-state index contributed by atoms with van der Waals surface area (Å²) in [6.45, 7) is 8.36. The van der Waals surface area contributed by atoms with E-state index in [9.17, 15) is 4.79 Å². The molecule has 5 nitrogen and oxygen atoms in total. The molecule has 0 unspecified atom stereocenters. The number of amides is 1. The van der Waals surface area contributed by atoms with Gasteiger partial charge in [0.2, 0.25) is 0 Å². The summed E-state index contributed by atoms with van der Waals surface area (Å²) in [7, 11) is 1.70. The summed E-state index contributed by atoms with van der Waals surface area (Å²) in [6, 6.07) is 6.25. The minimum Gasteiger partial charge on any atom is -0.496 e. The highest BCUT2D eigenvalue weighted by Crippen LogP contribution is 2.25. The maximum atomic E-state index is 11.9. The van der Waals surface area contributed by atoms with Crippen LogP contribution < -0.4 is 10.1 Å². The summed E-state index contributed by atoms with van der Waals surface area (Å²) >= 11 is 3.52. The fourth-order valence-corrected chi connectivity index (χ4v) is 3.23. The van der Waals surface area contributed by atoms with Gasteiger partial charge in [-0.2, -0.15) is 0 Å². The second kappa shape index (κ2) is 8.21. The zero-order chi connectivity index (χ0) is 17.7. The second-order valence-corrected chi connectivity index (χ2v) is 8.07. The average Bonchev–Trinajstić information content (AvgIpc) is 2.47. The quantitative estimate of drug-likeness (QED) is 0.833. The first-order valence-corrected chi connectivity index (χ1v) is 9.10. The predicted molar refractivity (Wildman–Crippen MR) is 98.4 cm³/mol. The number of methoxy groups -OCH3 is 1. The molecule has 24 heavy (non-hydrogen) atoms. The molecule has 1 aromatic rings. The van der Waals surface area contributed by atoms with Crippen LogP contribution in [0.4, 0.5) is 4.79 Å². The third-order valence-corrected chi connectivity index (χ3v) is 4.44. The Morgan fingerprint density at radius 3 is 2.58 bits per heavy atom. The number of carbonyl (C=O) groups excluding carboxylic acids is 1. The van der Waals surface area contributed by atoms with Crippen LogP contribution in [0.15, 0.2) is 22.7 Å². The fourth-order valence-electron chi connectivity index (χ4n) is 2.82. The number of piperidine rings is 1. The van der Waals surface area contributed by atoms with E-state index in [0.29, 0.717) is 0 Å². The van der Waals surface area contributed by atoms with Crippen LogP contribution in [0.25, 0.3) is 0 Å². The highest BCUT2D eigenvalue weighted by atomic mass is 79.9. The van der Waals surface area contributed by atoms with Gasteiger partial charge in [-0.15, -0.1) is 0 Å². The SMILES string of the molecule is COc1ccc(Br)cc1CN1CCC(NC(=O)OC(C)(C)C)CC1. The topological polar surface area (TPSA) is 50.8 Å². The number of likely N-dealkylation sites (tertiary alicyclic amines) is 1. The van der Waals surface area contributed by atoms with Gasteiger partial charge in [-0.3, -0.25) is 4.90 Å². The molecule has 1 fully saturated rings.